The highest BCUT2D eigenvalue weighted by atomic mass is 35.5. The van der Waals surface area contributed by atoms with Gasteiger partial charge in [0, 0.05) is 6.07 Å². The molecule has 1 aromatic rings. The molecule has 15 heavy (non-hydrogen) atoms. The minimum atomic E-state index is -0.651. The van der Waals surface area contributed by atoms with Gasteiger partial charge in [0.1, 0.15) is 11.4 Å². The monoisotopic (exact) mass is 230 g/mol. The van der Waals surface area contributed by atoms with Crippen molar-refractivity contribution < 1.29 is 19.6 Å². The van der Waals surface area contributed by atoms with Gasteiger partial charge in [-0.05, 0) is 32.4 Å². The second kappa shape index (κ2) is 4.06. The third-order valence-corrected chi connectivity index (χ3v) is 1.83. The molecule has 0 bridgehead atoms. The fourth-order valence-electron chi connectivity index (χ4n) is 0.985. The molecule has 0 aromatic carbocycles. The Kier molecular flexibility index (Phi) is 3.19. The van der Waals surface area contributed by atoms with E-state index in [1.807, 2.05) is 0 Å². The Balaban J connectivity index is 3.02. The summed E-state index contributed by atoms with van der Waals surface area (Å²) in [6.45, 7) is 5.22. The van der Waals surface area contributed by atoms with Gasteiger partial charge >= 0.3 is 5.97 Å². The summed E-state index contributed by atoms with van der Waals surface area (Å²) in [5.41, 5.74) is -0.669. The lowest BCUT2D eigenvalue weighted by Crippen LogP contribution is -2.25. The summed E-state index contributed by atoms with van der Waals surface area (Å²) < 4.78 is 5.08. The number of rotatable bonds is 1. The van der Waals surface area contributed by atoms with E-state index in [-0.39, 0.29) is 16.5 Å². The molecule has 0 unspecified atom stereocenters. The van der Waals surface area contributed by atoms with Crippen molar-refractivity contribution in [3.8, 4) is 5.75 Å². The molecule has 82 valence electrons. The lowest BCUT2D eigenvalue weighted by molar-refractivity contribution is -0.375. The highest BCUT2D eigenvalue weighted by Gasteiger charge is 2.26. The summed E-state index contributed by atoms with van der Waals surface area (Å²) in [6.07, 6.45) is 1.44. The van der Waals surface area contributed by atoms with Crippen molar-refractivity contribution in [2.24, 2.45) is 0 Å². The molecule has 1 rings (SSSR count). The highest BCUT2D eigenvalue weighted by Crippen LogP contribution is 2.23. The third-order valence-electron chi connectivity index (χ3n) is 1.53. The Morgan fingerprint density at radius 2 is 2.13 bits per heavy atom. The van der Waals surface area contributed by atoms with Gasteiger partial charge in [-0.15, -0.1) is 0 Å². The van der Waals surface area contributed by atoms with Crippen LogP contribution >= 0.6 is 11.6 Å². The number of halogens is 1. The van der Waals surface area contributed by atoms with Crippen molar-refractivity contribution in [2.75, 3.05) is 0 Å². The number of ether oxygens (including phenoxy) is 1. The summed E-state index contributed by atoms with van der Waals surface area (Å²) >= 11 is 5.74. The van der Waals surface area contributed by atoms with E-state index < -0.39 is 11.6 Å². The standard InChI is InChI=1S/C10H12ClNO3/c1-10(2,3)15-9(14)7-6(13)4-5-12-8(7)11/h4-5H,1-3H3,(H,12,13)/p+1. The van der Waals surface area contributed by atoms with Gasteiger partial charge in [0.05, 0.1) is 0 Å². The minimum Gasteiger partial charge on any atom is -0.507 e. The van der Waals surface area contributed by atoms with Gasteiger partial charge in [-0.2, -0.15) is 0 Å². The Hall–Kier alpha value is -1.29. The third kappa shape index (κ3) is 3.09. The smallest absolute Gasteiger partial charge is 0.350 e. The van der Waals surface area contributed by atoms with Crippen LogP contribution in [0.5, 0.6) is 5.75 Å². The second-order valence-electron chi connectivity index (χ2n) is 4.05. The SMILES string of the molecule is CC(C)(C)OC(=O)c1c(O)cc[nH+]c1Cl. The predicted molar refractivity (Wildman–Crippen MR) is 54.8 cm³/mol. The van der Waals surface area contributed by atoms with Crippen LogP contribution in [0.1, 0.15) is 31.1 Å². The molecule has 4 nitrogen and oxygen atoms in total. The number of aromatic nitrogens is 1. The number of aromatic amines is 1. The summed E-state index contributed by atoms with van der Waals surface area (Å²) in [4.78, 5) is 14.2. The number of H-pyrrole nitrogens is 1. The molecule has 0 saturated carbocycles. The minimum absolute atomic E-state index is 0.0471. The molecule has 0 fully saturated rings. The molecule has 0 amide bonds. The average Bonchev–Trinajstić information content (AvgIpc) is 1.99. The van der Waals surface area contributed by atoms with E-state index in [9.17, 15) is 9.90 Å². The van der Waals surface area contributed by atoms with Gasteiger partial charge in [-0.1, -0.05) is 0 Å². The van der Waals surface area contributed by atoms with Crippen molar-refractivity contribution in [1.82, 2.24) is 0 Å². The number of pyridine rings is 1. The van der Waals surface area contributed by atoms with E-state index in [4.69, 9.17) is 16.3 Å². The molecular weight excluding hydrogens is 218 g/mol. The number of carbonyl (C=O) groups is 1. The maximum atomic E-state index is 11.6. The number of hydrogen-bond acceptors (Lipinski definition) is 3. The summed E-state index contributed by atoms with van der Waals surface area (Å²) in [7, 11) is 0. The van der Waals surface area contributed by atoms with Crippen LogP contribution in [-0.4, -0.2) is 16.7 Å². The maximum Gasteiger partial charge on any atom is 0.350 e. The largest absolute Gasteiger partial charge is 0.507 e. The first-order valence-electron chi connectivity index (χ1n) is 4.44. The summed E-state index contributed by atoms with van der Waals surface area (Å²) in [5.74, 6) is -0.852. The van der Waals surface area contributed by atoms with Crippen LogP contribution in [-0.2, 0) is 4.74 Å². The van der Waals surface area contributed by atoms with E-state index in [1.165, 1.54) is 12.3 Å². The van der Waals surface area contributed by atoms with Gasteiger partial charge in [-0.25, -0.2) is 9.78 Å². The predicted octanol–water partition coefficient (Wildman–Crippen LogP) is 1.81. The van der Waals surface area contributed by atoms with Gasteiger partial charge in [0.25, 0.3) is 5.15 Å². The molecule has 0 atom stereocenters. The van der Waals surface area contributed by atoms with Crippen LogP contribution in [0.25, 0.3) is 0 Å². The molecule has 0 aliphatic carbocycles. The Labute approximate surface area is 92.8 Å². The van der Waals surface area contributed by atoms with E-state index in [0.717, 1.165) is 0 Å². The Bertz CT molecular complexity index is 364. The number of hydrogen-bond donors (Lipinski definition) is 1. The van der Waals surface area contributed by atoms with Crippen molar-refractivity contribution >= 4 is 17.6 Å². The quantitative estimate of drug-likeness (QED) is 0.591. The highest BCUT2D eigenvalue weighted by molar-refractivity contribution is 6.31. The zero-order valence-corrected chi connectivity index (χ0v) is 9.55. The molecule has 0 spiro atoms. The van der Waals surface area contributed by atoms with Gasteiger partial charge in [0.15, 0.2) is 11.8 Å². The van der Waals surface area contributed by atoms with E-state index in [1.54, 1.807) is 20.8 Å². The van der Waals surface area contributed by atoms with Gasteiger partial charge in [-0.3, -0.25) is 0 Å². The number of aromatic hydroxyl groups is 1. The molecule has 0 aliphatic heterocycles. The number of esters is 1. The average molecular weight is 231 g/mol. The lowest BCUT2D eigenvalue weighted by Gasteiger charge is -2.19. The molecule has 0 saturated heterocycles. The van der Waals surface area contributed by atoms with Crippen LogP contribution in [0.3, 0.4) is 0 Å². The van der Waals surface area contributed by atoms with Crippen molar-refractivity contribution in [2.45, 2.75) is 26.4 Å². The molecular formula is C10H13ClNO3+. The molecule has 0 aliphatic rings. The molecule has 0 radical (unpaired) electrons. The first-order chi connectivity index (χ1) is 6.81. The fraction of sp³-hybridized carbons (Fsp3) is 0.400. The van der Waals surface area contributed by atoms with Crippen LogP contribution in [0, 0.1) is 0 Å². The maximum absolute atomic E-state index is 11.6. The van der Waals surface area contributed by atoms with Crippen molar-refractivity contribution in [3.05, 3.63) is 23.0 Å². The van der Waals surface area contributed by atoms with Gasteiger partial charge in [0.2, 0.25) is 0 Å². The number of carbonyl (C=O) groups excluding carboxylic acids is 1. The zero-order valence-electron chi connectivity index (χ0n) is 8.80. The molecule has 2 N–H and O–H groups in total. The topological polar surface area (TPSA) is 60.7 Å². The first kappa shape index (κ1) is 11.8. The van der Waals surface area contributed by atoms with Crippen molar-refractivity contribution in [3.63, 3.8) is 0 Å². The normalized spacial score (nSPS) is 11.2. The van der Waals surface area contributed by atoms with Crippen LogP contribution in [0.2, 0.25) is 5.15 Å². The molecule has 5 heteroatoms. The zero-order chi connectivity index (χ0) is 11.6. The van der Waals surface area contributed by atoms with E-state index >= 15 is 0 Å². The number of nitrogens with one attached hydrogen (secondary N) is 1. The second-order valence-corrected chi connectivity index (χ2v) is 4.43. The van der Waals surface area contributed by atoms with E-state index in [2.05, 4.69) is 4.98 Å². The van der Waals surface area contributed by atoms with Crippen LogP contribution < -0.4 is 4.98 Å². The summed E-state index contributed by atoms with van der Waals surface area (Å²) in [6, 6.07) is 1.34. The molecule has 1 aromatic heterocycles. The van der Waals surface area contributed by atoms with Gasteiger partial charge < -0.3 is 9.84 Å². The molecule has 1 heterocycles. The van der Waals surface area contributed by atoms with Crippen LogP contribution in [0.4, 0.5) is 0 Å². The lowest BCUT2D eigenvalue weighted by atomic mass is 10.2. The van der Waals surface area contributed by atoms with Crippen LogP contribution in [0.15, 0.2) is 12.3 Å². The Morgan fingerprint density at radius 1 is 1.53 bits per heavy atom. The first-order valence-corrected chi connectivity index (χ1v) is 4.81. The van der Waals surface area contributed by atoms with E-state index in [0.29, 0.717) is 0 Å². The summed E-state index contributed by atoms with van der Waals surface area (Å²) in [5, 5.41) is 9.51. The Morgan fingerprint density at radius 3 is 2.60 bits per heavy atom. The fourth-order valence-corrected chi connectivity index (χ4v) is 1.22. The van der Waals surface area contributed by atoms with Crippen molar-refractivity contribution in [1.29, 1.82) is 0 Å².